The van der Waals surface area contributed by atoms with Gasteiger partial charge >= 0.3 is 0 Å². The molecule has 0 bridgehead atoms. The molecule has 154 valence electrons. The van der Waals surface area contributed by atoms with Crippen LogP contribution in [0.2, 0.25) is 0 Å². The molecule has 4 aromatic heterocycles. The molecule has 1 unspecified atom stereocenters. The Morgan fingerprint density at radius 2 is 2.10 bits per heavy atom. The number of hydrogen-bond donors (Lipinski definition) is 1. The number of hydrogen-bond acceptors (Lipinski definition) is 7. The van der Waals surface area contributed by atoms with E-state index in [1.165, 1.54) is 0 Å². The van der Waals surface area contributed by atoms with Gasteiger partial charge in [-0.2, -0.15) is 5.10 Å². The van der Waals surface area contributed by atoms with Gasteiger partial charge in [-0.3, -0.25) is 9.08 Å². The summed E-state index contributed by atoms with van der Waals surface area (Å²) in [5.74, 6) is 2.25. The number of rotatable bonds is 5. The molecule has 1 saturated heterocycles. The lowest BCUT2D eigenvalue weighted by atomic mass is 10.0. The zero-order chi connectivity index (χ0) is 20.7. The van der Waals surface area contributed by atoms with Gasteiger partial charge in [-0.1, -0.05) is 0 Å². The minimum Gasteiger partial charge on any atom is -0.372 e. The van der Waals surface area contributed by atoms with Crippen LogP contribution in [0, 0.1) is 0 Å². The van der Waals surface area contributed by atoms with Crippen molar-refractivity contribution >= 4 is 17.4 Å². The Kier molecular flexibility index (Phi) is 4.47. The van der Waals surface area contributed by atoms with Crippen LogP contribution in [0.5, 0.6) is 0 Å². The van der Waals surface area contributed by atoms with E-state index in [2.05, 4.69) is 44.4 Å². The highest BCUT2D eigenvalue weighted by Gasteiger charge is 2.32. The van der Waals surface area contributed by atoms with Gasteiger partial charge in [0.25, 0.3) is 0 Å². The molecule has 1 aliphatic heterocycles. The Morgan fingerprint density at radius 1 is 1.20 bits per heavy atom. The molecule has 1 atom stereocenters. The highest BCUT2D eigenvalue weighted by atomic mass is 16.5. The predicted molar refractivity (Wildman–Crippen MR) is 112 cm³/mol. The van der Waals surface area contributed by atoms with Crippen molar-refractivity contribution < 1.29 is 4.74 Å². The van der Waals surface area contributed by atoms with E-state index in [0.29, 0.717) is 5.95 Å². The molecule has 4 aromatic rings. The summed E-state index contributed by atoms with van der Waals surface area (Å²) in [6.07, 6.45) is 8.52. The number of nitrogens with one attached hydrogen (secondary N) is 1. The summed E-state index contributed by atoms with van der Waals surface area (Å²) in [6.45, 7) is 4.28. The van der Waals surface area contributed by atoms with Gasteiger partial charge in [0.2, 0.25) is 5.95 Å². The van der Waals surface area contributed by atoms with E-state index in [4.69, 9.17) is 4.74 Å². The number of anilines is 2. The average Bonchev–Trinajstić information content (AvgIpc) is 3.41. The number of aryl methyl sites for hydroxylation is 1. The highest BCUT2D eigenvalue weighted by Crippen LogP contribution is 2.31. The first kappa shape index (κ1) is 18.7. The van der Waals surface area contributed by atoms with Crippen molar-refractivity contribution in [2.75, 3.05) is 5.32 Å². The normalized spacial score (nSPS) is 18.2. The predicted octanol–water partition coefficient (Wildman–Crippen LogP) is 3.16. The minimum atomic E-state index is -0.0490. The summed E-state index contributed by atoms with van der Waals surface area (Å²) in [6, 6.07) is 7.77. The van der Waals surface area contributed by atoms with Crippen LogP contribution in [0.4, 0.5) is 11.8 Å². The summed E-state index contributed by atoms with van der Waals surface area (Å²) >= 11 is 0. The molecule has 1 fully saturated rings. The zero-order valence-corrected chi connectivity index (χ0v) is 17.3. The van der Waals surface area contributed by atoms with Gasteiger partial charge in [0.1, 0.15) is 11.6 Å². The molecule has 5 heterocycles. The van der Waals surface area contributed by atoms with Crippen molar-refractivity contribution in [3.63, 3.8) is 0 Å². The summed E-state index contributed by atoms with van der Waals surface area (Å²) < 4.78 is 9.87. The molecule has 30 heavy (non-hydrogen) atoms. The second-order valence-corrected chi connectivity index (χ2v) is 8.23. The Morgan fingerprint density at radius 3 is 2.87 bits per heavy atom. The van der Waals surface area contributed by atoms with Gasteiger partial charge in [0, 0.05) is 37.5 Å². The van der Waals surface area contributed by atoms with Crippen LogP contribution in [0.25, 0.3) is 16.9 Å². The maximum absolute atomic E-state index is 6.12. The van der Waals surface area contributed by atoms with E-state index >= 15 is 0 Å². The molecular formula is C21H24N8O. The lowest BCUT2D eigenvalue weighted by molar-refractivity contribution is -0.0153. The third-order valence-electron chi connectivity index (χ3n) is 5.46. The zero-order valence-electron chi connectivity index (χ0n) is 17.3. The Bertz CT molecular complexity index is 1190. The lowest BCUT2D eigenvalue weighted by Crippen LogP contribution is -2.21. The molecule has 9 nitrogen and oxygen atoms in total. The summed E-state index contributed by atoms with van der Waals surface area (Å²) in [7, 11) is 1.86. The standard InChI is InChI=1S/C21H24N8O/c1-21(2)8-4-15(30-21)13-19-27-26-18-12-14(7-11-29(18)19)16-5-9-22-20(24-16)25-17-6-10-23-28(17)3/h5-7,9-12,15H,4,8,13H2,1-3H3,(H,22,24,25). The van der Waals surface area contributed by atoms with Crippen LogP contribution >= 0.6 is 0 Å². The Balaban J connectivity index is 1.38. The smallest absolute Gasteiger partial charge is 0.228 e. The molecule has 0 amide bonds. The fourth-order valence-electron chi connectivity index (χ4n) is 3.85. The quantitative estimate of drug-likeness (QED) is 0.546. The SMILES string of the molecule is Cn1nccc1Nc1nccc(-c2ccn3c(CC4CCC(C)(C)O4)nnc3c2)n1. The van der Waals surface area contributed by atoms with Crippen molar-refractivity contribution in [1.29, 1.82) is 0 Å². The average molecular weight is 404 g/mol. The molecular weight excluding hydrogens is 380 g/mol. The number of nitrogens with zero attached hydrogens (tertiary/aromatic N) is 7. The van der Waals surface area contributed by atoms with E-state index in [-0.39, 0.29) is 11.7 Å². The minimum absolute atomic E-state index is 0.0490. The molecule has 0 saturated carbocycles. The van der Waals surface area contributed by atoms with Gasteiger partial charge in [-0.15, -0.1) is 10.2 Å². The first-order chi connectivity index (χ1) is 14.5. The van der Waals surface area contributed by atoms with Crippen LogP contribution in [0.1, 0.15) is 32.5 Å². The third-order valence-corrected chi connectivity index (χ3v) is 5.46. The first-order valence-corrected chi connectivity index (χ1v) is 10.1. The molecule has 1 N–H and O–H groups in total. The Labute approximate surface area is 174 Å². The van der Waals surface area contributed by atoms with E-state index in [9.17, 15) is 0 Å². The monoisotopic (exact) mass is 404 g/mol. The van der Waals surface area contributed by atoms with Crippen LogP contribution in [0.3, 0.4) is 0 Å². The van der Waals surface area contributed by atoms with Gasteiger partial charge in [-0.05, 0) is 44.9 Å². The molecule has 0 aromatic carbocycles. The molecule has 0 radical (unpaired) electrons. The maximum Gasteiger partial charge on any atom is 0.228 e. The topological polar surface area (TPSA) is 95.1 Å². The lowest BCUT2D eigenvalue weighted by Gasteiger charge is -2.18. The number of pyridine rings is 1. The largest absolute Gasteiger partial charge is 0.372 e. The van der Waals surface area contributed by atoms with Gasteiger partial charge in [0.15, 0.2) is 5.65 Å². The third kappa shape index (κ3) is 3.63. The van der Waals surface area contributed by atoms with Crippen LogP contribution in [0.15, 0.2) is 42.9 Å². The maximum atomic E-state index is 6.12. The fraction of sp³-hybridized carbons (Fsp3) is 0.381. The first-order valence-electron chi connectivity index (χ1n) is 10.1. The van der Waals surface area contributed by atoms with Crippen LogP contribution < -0.4 is 5.32 Å². The van der Waals surface area contributed by atoms with Crippen molar-refractivity contribution in [3.8, 4) is 11.3 Å². The Hall–Kier alpha value is -3.33. The highest BCUT2D eigenvalue weighted by molar-refractivity contribution is 5.65. The van der Waals surface area contributed by atoms with Crippen molar-refractivity contribution in [1.82, 2.24) is 34.3 Å². The summed E-state index contributed by atoms with van der Waals surface area (Å²) in [5.41, 5.74) is 2.50. The molecule has 0 spiro atoms. The van der Waals surface area contributed by atoms with E-state index in [1.807, 2.05) is 41.9 Å². The van der Waals surface area contributed by atoms with E-state index in [1.54, 1.807) is 17.1 Å². The van der Waals surface area contributed by atoms with Gasteiger partial charge in [0.05, 0.1) is 23.6 Å². The molecule has 5 rings (SSSR count). The van der Waals surface area contributed by atoms with Gasteiger partial charge in [-0.25, -0.2) is 9.97 Å². The van der Waals surface area contributed by atoms with Crippen molar-refractivity contribution in [2.24, 2.45) is 7.05 Å². The van der Waals surface area contributed by atoms with Gasteiger partial charge < -0.3 is 10.1 Å². The second-order valence-electron chi connectivity index (χ2n) is 8.23. The van der Waals surface area contributed by atoms with Crippen molar-refractivity contribution in [2.45, 2.75) is 44.8 Å². The number of ether oxygens (including phenoxy) is 1. The molecule has 9 heteroatoms. The van der Waals surface area contributed by atoms with E-state index < -0.39 is 0 Å². The second kappa shape index (κ2) is 7.17. The van der Waals surface area contributed by atoms with Crippen molar-refractivity contribution in [3.05, 3.63) is 48.7 Å². The number of fused-ring (bicyclic) bond motifs is 1. The fourth-order valence-corrected chi connectivity index (χ4v) is 3.85. The summed E-state index contributed by atoms with van der Waals surface area (Å²) in [5, 5.41) is 16.1. The summed E-state index contributed by atoms with van der Waals surface area (Å²) in [4.78, 5) is 8.94. The van der Waals surface area contributed by atoms with E-state index in [0.717, 1.165) is 47.8 Å². The molecule has 1 aliphatic rings. The van der Waals surface area contributed by atoms with Crippen LogP contribution in [-0.2, 0) is 18.2 Å². The van der Waals surface area contributed by atoms with Crippen LogP contribution in [-0.4, -0.2) is 46.1 Å². The number of aromatic nitrogens is 7. The molecule has 0 aliphatic carbocycles.